The molecule has 0 bridgehead atoms. The largest absolute Gasteiger partial charge is 0.454 e. The van der Waals surface area contributed by atoms with Crippen LogP contribution in [0.3, 0.4) is 0 Å². The van der Waals surface area contributed by atoms with Crippen LogP contribution in [-0.4, -0.2) is 31.8 Å². The molecule has 0 saturated heterocycles. The van der Waals surface area contributed by atoms with Gasteiger partial charge in [0.25, 0.3) is 0 Å². The lowest BCUT2D eigenvalue weighted by Gasteiger charge is -2.40. The fourth-order valence-electron chi connectivity index (χ4n) is 4.72. The van der Waals surface area contributed by atoms with Gasteiger partial charge < -0.3 is 29.0 Å². The Labute approximate surface area is 161 Å². The summed E-state index contributed by atoms with van der Waals surface area (Å²) in [6.45, 7) is 2.26. The topological polar surface area (TPSA) is 60.4 Å². The van der Waals surface area contributed by atoms with Gasteiger partial charge in [-0.15, -0.1) is 0 Å². The van der Waals surface area contributed by atoms with Gasteiger partial charge in [-0.2, -0.15) is 0 Å². The maximum absolute atomic E-state index is 10.7. The molecule has 2 atom stereocenters. The molecule has 0 fully saturated rings. The third-order valence-corrected chi connectivity index (χ3v) is 5.88. The number of benzene rings is 3. The zero-order chi connectivity index (χ0) is 19.0. The highest BCUT2D eigenvalue weighted by Crippen LogP contribution is 2.55. The molecule has 0 amide bonds. The second-order valence-corrected chi connectivity index (χ2v) is 7.45. The SMILES string of the molecule is C[C@@H](O)[C@H]1c2c(ccc3c2OCO3)-c2ccc3cc4c(cc3c2N1C)OCO4. The second kappa shape index (κ2) is 5.45. The number of rotatable bonds is 1. The quantitative estimate of drug-likeness (QED) is 0.695. The molecule has 3 aromatic carbocycles. The molecule has 28 heavy (non-hydrogen) atoms. The number of aliphatic hydroxyl groups is 1. The van der Waals surface area contributed by atoms with E-state index in [-0.39, 0.29) is 19.6 Å². The summed E-state index contributed by atoms with van der Waals surface area (Å²) in [7, 11) is 2.01. The van der Waals surface area contributed by atoms with Crippen LogP contribution in [0.2, 0.25) is 0 Å². The van der Waals surface area contributed by atoms with Crippen LogP contribution in [-0.2, 0) is 0 Å². The van der Waals surface area contributed by atoms with Crippen LogP contribution < -0.4 is 23.8 Å². The first kappa shape index (κ1) is 15.9. The van der Waals surface area contributed by atoms with Crippen molar-refractivity contribution in [3.8, 4) is 34.1 Å². The van der Waals surface area contributed by atoms with Crippen molar-refractivity contribution < 1.29 is 24.1 Å². The standard InChI is InChI=1S/C22H19NO5/c1-11(24)20-19-13(5-6-16-22(19)28-10-25-16)14-4-3-12-7-17-18(27-9-26-17)8-15(12)21(14)23(20)2/h3-8,11,20,24H,9-10H2,1-2H3/t11-,20+/m1/s1. The van der Waals surface area contributed by atoms with E-state index in [1.807, 2.05) is 32.2 Å². The first-order valence-corrected chi connectivity index (χ1v) is 9.33. The van der Waals surface area contributed by atoms with E-state index in [1.54, 1.807) is 0 Å². The van der Waals surface area contributed by atoms with Crippen molar-refractivity contribution in [1.29, 1.82) is 0 Å². The summed E-state index contributed by atoms with van der Waals surface area (Å²) >= 11 is 0. The highest BCUT2D eigenvalue weighted by atomic mass is 16.7. The fraction of sp³-hybridized carbons (Fsp3) is 0.273. The van der Waals surface area contributed by atoms with Crippen molar-refractivity contribution in [3.05, 3.63) is 42.0 Å². The number of likely N-dealkylation sites (N-methyl/N-ethyl adjacent to an activating group) is 1. The normalized spacial score (nSPS) is 19.5. The number of hydrogen-bond donors (Lipinski definition) is 1. The van der Waals surface area contributed by atoms with Crippen LogP contribution in [0.5, 0.6) is 23.0 Å². The molecule has 0 saturated carbocycles. The van der Waals surface area contributed by atoms with E-state index in [2.05, 4.69) is 23.1 Å². The average molecular weight is 377 g/mol. The summed E-state index contributed by atoms with van der Waals surface area (Å²) in [4.78, 5) is 2.13. The molecule has 142 valence electrons. The smallest absolute Gasteiger partial charge is 0.231 e. The van der Waals surface area contributed by atoms with Gasteiger partial charge >= 0.3 is 0 Å². The first-order chi connectivity index (χ1) is 13.6. The van der Waals surface area contributed by atoms with E-state index in [4.69, 9.17) is 18.9 Å². The molecule has 3 aromatic rings. The third-order valence-electron chi connectivity index (χ3n) is 5.88. The van der Waals surface area contributed by atoms with Gasteiger partial charge in [-0.3, -0.25) is 0 Å². The molecule has 6 rings (SSSR count). The predicted octanol–water partition coefficient (Wildman–Crippen LogP) is 3.84. The van der Waals surface area contributed by atoms with Crippen molar-refractivity contribution >= 4 is 16.5 Å². The Morgan fingerprint density at radius 1 is 0.929 bits per heavy atom. The maximum atomic E-state index is 10.7. The Morgan fingerprint density at radius 3 is 2.46 bits per heavy atom. The van der Waals surface area contributed by atoms with Crippen molar-refractivity contribution in [1.82, 2.24) is 0 Å². The molecule has 0 aliphatic carbocycles. The van der Waals surface area contributed by atoms with Crippen molar-refractivity contribution in [2.24, 2.45) is 0 Å². The number of aliphatic hydroxyl groups excluding tert-OH is 1. The molecule has 1 N–H and O–H groups in total. The molecule has 0 aromatic heterocycles. The summed E-state index contributed by atoms with van der Waals surface area (Å²) in [6.07, 6.45) is -0.600. The molecule has 3 aliphatic heterocycles. The van der Waals surface area contributed by atoms with Gasteiger partial charge in [0.05, 0.1) is 17.8 Å². The minimum atomic E-state index is -0.600. The Hall–Kier alpha value is -3.12. The highest BCUT2D eigenvalue weighted by molar-refractivity contribution is 6.05. The minimum absolute atomic E-state index is 0.204. The number of fused-ring (bicyclic) bond motifs is 8. The molecule has 0 unspecified atom stereocenters. The molecular weight excluding hydrogens is 358 g/mol. The highest BCUT2D eigenvalue weighted by Gasteiger charge is 2.38. The molecule has 6 nitrogen and oxygen atoms in total. The molecule has 3 aliphatic rings. The first-order valence-electron chi connectivity index (χ1n) is 9.33. The Kier molecular flexibility index (Phi) is 3.09. The lowest BCUT2D eigenvalue weighted by molar-refractivity contribution is 0.154. The Bertz CT molecular complexity index is 1140. The second-order valence-electron chi connectivity index (χ2n) is 7.45. The fourth-order valence-corrected chi connectivity index (χ4v) is 4.72. The van der Waals surface area contributed by atoms with Gasteiger partial charge in [0, 0.05) is 23.6 Å². The number of anilines is 1. The maximum Gasteiger partial charge on any atom is 0.231 e. The van der Waals surface area contributed by atoms with Crippen LogP contribution >= 0.6 is 0 Å². The molecular formula is C22H19NO5. The summed E-state index contributed by atoms with van der Waals surface area (Å²) in [5.41, 5.74) is 4.19. The van der Waals surface area contributed by atoms with Crippen LogP contribution in [0.15, 0.2) is 36.4 Å². The van der Waals surface area contributed by atoms with Crippen LogP contribution in [0.4, 0.5) is 5.69 Å². The van der Waals surface area contributed by atoms with Crippen LogP contribution in [0.1, 0.15) is 18.5 Å². The van der Waals surface area contributed by atoms with Crippen molar-refractivity contribution in [2.45, 2.75) is 19.1 Å². The van der Waals surface area contributed by atoms with Crippen molar-refractivity contribution in [2.75, 3.05) is 25.5 Å². The third kappa shape index (κ3) is 1.95. The summed E-state index contributed by atoms with van der Waals surface area (Å²) in [6, 6.07) is 12.0. The van der Waals surface area contributed by atoms with Crippen LogP contribution in [0, 0.1) is 0 Å². The van der Waals surface area contributed by atoms with Gasteiger partial charge in [0.15, 0.2) is 23.0 Å². The molecule has 6 heteroatoms. The number of hydrogen-bond acceptors (Lipinski definition) is 6. The Morgan fingerprint density at radius 2 is 1.64 bits per heavy atom. The van der Waals surface area contributed by atoms with Gasteiger partial charge in [-0.25, -0.2) is 0 Å². The zero-order valence-electron chi connectivity index (χ0n) is 15.6. The van der Waals surface area contributed by atoms with Crippen LogP contribution in [0.25, 0.3) is 21.9 Å². The molecule has 0 spiro atoms. The van der Waals surface area contributed by atoms with Gasteiger partial charge in [0.1, 0.15) is 0 Å². The van der Waals surface area contributed by atoms with E-state index < -0.39 is 6.10 Å². The van der Waals surface area contributed by atoms with Gasteiger partial charge in [0.2, 0.25) is 13.6 Å². The van der Waals surface area contributed by atoms with E-state index in [0.717, 1.165) is 56.1 Å². The summed E-state index contributed by atoms with van der Waals surface area (Å²) in [5, 5.41) is 12.8. The van der Waals surface area contributed by atoms with E-state index >= 15 is 0 Å². The number of nitrogens with zero attached hydrogens (tertiary/aromatic N) is 1. The molecule has 0 radical (unpaired) electrons. The molecule has 3 heterocycles. The van der Waals surface area contributed by atoms with E-state index in [0.29, 0.717) is 0 Å². The lowest BCUT2D eigenvalue weighted by atomic mass is 9.84. The monoisotopic (exact) mass is 377 g/mol. The van der Waals surface area contributed by atoms with Gasteiger partial charge in [-0.05, 0) is 42.1 Å². The minimum Gasteiger partial charge on any atom is -0.454 e. The average Bonchev–Trinajstić information content (AvgIpc) is 3.34. The number of ether oxygens (including phenoxy) is 4. The predicted molar refractivity (Wildman–Crippen MR) is 104 cm³/mol. The Balaban J connectivity index is 1.69. The van der Waals surface area contributed by atoms with Crippen molar-refractivity contribution in [3.63, 3.8) is 0 Å². The van der Waals surface area contributed by atoms with Gasteiger partial charge in [-0.1, -0.05) is 12.1 Å². The summed E-state index contributed by atoms with van der Waals surface area (Å²) in [5.74, 6) is 2.97. The zero-order valence-corrected chi connectivity index (χ0v) is 15.6. The van der Waals surface area contributed by atoms with E-state index in [9.17, 15) is 5.11 Å². The van der Waals surface area contributed by atoms with E-state index in [1.165, 1.54) is 0 Å². The lowest BCUT2D eigenvalue weighted by Crippen LogP contribution is -2.35. The summed E-state index contributed by atoms with van der Waals surface area (Å²) < 4.78 is 22.5.